The average molecular weight is 204 g/mol. The van der Waals surface area contributed by atoms with E-state index in [4.69, 9.17) is 0 Å². The molecule has 1 aliphatic rings. The molecule has 0 saturated heterocycles. The molecule has 0 spiro atoms. The van der Waals surface area contributed by atoms with Gasteiger partial charge in [0.25, 0.3) is 0 Å². The molecule has 1 aliphatic heterocycles. The summed E-state index contributed by atoms with van der Waals surface area (Å²) >= 11 is 0. The van der Waals surface area contributed by atoms with Crippen LogP contribution < -0.4 is 10.2 Å². The average Bonchev–Trinajstić information content (AvgIpc) is 2.65. The normalized spacial score (nSPS) is 19.3. The van der Waals surface area contributed by atoms with Gasteiger partial charge < -0.3 is 10.2 Å². The molecule has 1 aromatic carbocycles. The molecule has 2 heteroatoms. The monoisotopic (exact) mass is 204 g/mol. The SMILES string of the molecule is CCN1CC(CCNC)c2ccccc21. The zero-order valence-corrected chi connectivity index (χ0v) is 9.66. The zero-order chi connectivity index (χ0) is 10.7. The van der Waals surface area contributed by atoms with Crippen LogP contribution in [0.15, 0.2) is 24.3 Å². The lowest BCUT2D eigenvalue weighted by atomic mass is 9.98. The van der Waals surface area contributed by atoms with Crippen LogP contribution in [0.4, 0.5) is 5.69 Å². The van der Waals surface area contributed by atoms with Gasteiger partial charge in [-0.3, -0.25) is 0 Å². The summed E-state index contributed by atoms with van der Waals surface area (Å²) in [5.74, 6) is 0.716. The van der Waals surface area contributed by atoms with Gasteiger partial charge >= 0.3 is 0 Å². The van der Waals surface area contributed by atoms with Gasteiger partial charge in [-0.2, -0.15) is 0 Å². The van der Waals surface area contributed by atoms with E-state index in [2.05, 4.69) is 41.4 Å². The van der Waals surface area contributed by atoms with Gasteiger partial charge in [-0.15, -0.1) is 0 Å². The van der Waals surface area contributed by atoms with Crippen LogP contribution in [0, 0.1) is 0 Å². The summed E-state index contributed by atoms with van der Waals surface area (Å²) in [5.41, 5.74) is 2.98. The molecule has 0 fully saturated rings. The minimum absolute atomic E-state index is 0.716. The fourth-order valence-electron chi connectivity index (χ4n) is 2.45. The van der Waals surface area contributed by atoms with Crippen LogP contribution in [-0.2, 0) is 0 Å². The van der Waals surface area contributed by atoms with Crippen molar-refractivity contribution in [2.24, 2.45) is 0 Å². The van der Waals surface area contributed by atoms with Gasteiger partial charge in [0.2, 0.25) is 0 Å². The highest BCUT2D eigenvalue weighted by atomic mass is 15.1. The number of rotatable bonds is 4. The predicted molar refractivity (Wildman–Crippen MR) is 65.6 cm³/mol. The topological polar surface area (TPSA) is 15.3 Å². The number of nitrogens with zero attached hydrogens (tertiary/aromatic N) is 1. The summed E-state index contributed by atoms with van der Waals surface area (Å²) in [6.07, 6.45) is 1.24. The molecule has 0 radical (unpaired) electrons. The first-order valence-corrected chi connectivity index (χ1v) is 5.85. The summed E-state index contributed by atoms with van der Waals surface area (Å²) in [7, 11) is 2.03. The Morgan fingerprint density at radius 1 is 1.40 bits per heavy atom. The molecule has 0 aromatic heterocycles. The largest absolute Gasteiger partial charge is 0.371 e. The Morgan fingerprint density at radius 2 is 2.20 bits per heavy atom. The predicted octanol–water partition coefficient (Wildman–Crippen LogP) is 2.22. The van der Waals surface area contributed by atoms with Crippen molar-refractivity contribution in [1.29, 1.82) is 0 Å². The third-order valence-electron chi connectivity index (χ3n) is 3.28. The van der Waals surface area contributed by atoms with Gasteiger partial charge in [0.1, 0.15) is 0 Å². The first-order valence-electron chi connectivity index (χ1n) is 5.85. The Morgan fingerprint density at radius 3 is 2.93 bits per heavy atom. The van der Waals surface area contributed by atoms with E-state index in [1.807, 2.05) is 7.05 Å². The number of para-hydroxylation sites is 1. The van der Waals surface area contributed by atoms with E-state index in [-0.39, 0.29) is 0 Å². The van der Waals surface area contributed by atoms with Gasteiger partial charge in [0.15, 0.2) is 0 Å². The fourth-order valence-corrected chi connectivity index (χ4v) is 2.45. The van der Waals surface area contributed by atoms with E-state index in [0.29, 0.717) is 5.92 Å². The smallest absolute Gasteiger partial charge is 0.0402 e. The van der Waals surface area contributed by atoms with Crippen LogP contribution in [-0.4, -0.2) is 26.7 Å². The van der Waals surface area contributed by atoms with E-state index in [9.17, 15) is 0 Å². The third kappa shape index (κ3) is 2.00. The number of nitrogens with one attached hydrogen (secondary N) is 1. The maximum Gasteiger partial charge on any atom is 0.0402 e. The van der Waals surface area contributed by atoms with Crippen LogP contribution in [0.5, 0.6) is 0 Å². The molecule has 82 valence electrons. The molecule has 1 N–H and O–H groups in total. The van der Waals surface area contributed by atoms with Crippen molar-refractivity contribution >= 4 is 5.69 Å². The highest BCUT2D eigenvalue weighted by molar-refractivity contribution is 5.59. The minimum Gasteiger partial charge on any atom is -0.371 e. The fraction of sp³-hybridized carbons (Fsp3) is 0.538. The first-order chi connectivity index (χ1) is 7.36. The maximum absolute atomic E-state index is 3.24. The Bertz CT molecular complexity index is 322. The van der Waals surface area contributed by atoms with Crippen molar-refractivity contribution in [2.45, 2.75) is 19.3 Å². The summed E-state index contributed by atoms with van der Waals surface area (Å²) in [4.78, 5) is 2.48. The molecule has 1 atom stereocenters. The van der Waals surface area contributed by atoms with E-state index >= 15 is 0 Å². The van der Waals surface area contributed by atoms with Crippen molar-refractivity contribution in [3.8, 4) is 0 Å². The van der Waals surface area contributed by atoms with Gasteiger partial charge in [0, 0.05) is 24.7 Å². The molecule has 0 bridgehead atoms. The molecule has 1 heterocycles. The van der Waals surface area contributed by atoms with Gasteiger partial charge in [-0.1, -0.05) is 18.2 Å². The van der Waals surface area contributed by atoms with E-state index < -0.39 is 0 Å². The Labute approximate surface area is 92.3 Å². The lowest BCUT2D eigenvalue weighted by Gasteiger charge is -2.17. The highest BCUT2D eigenvalue weighted by Gasteiger charge is 2.26. The Balaban J connectivity index is 2.18. The van der Waals surface area contributed by atoms with Gasteiger partial charge in [-0.05, 0) is 38.6 Å². The molecule has 15 heavy (non-hydrogen) atoms. The van der Waals surface area contributed by atoms with Crippen molar-refractivity contribution in [2.75, 3.05) is 31.6 Å². The van der Waals surface area contributed by atoms with Crippen LogP contribution in [0.1, 0.15) is 24.8 Å². The van der Waals surface area contributed by atoms with Crippen molar-refractivity contribution in [1.82, 2.24) is 5.32 Å². The maximum atomic E-state index is 3.24. The first kappa shape index (κ1) is 10.5. The molecule has 2 rings (SSSR count). The second-order valence-electron chi connectivity index (χ2n) is 4.19. The molecule has 1 aromatic rings. The lowest BCUT2D eigenvalue weighted by molar-refractivity contribution is 0.611. The second-order valence-corrected chi connectivity index (χ2v) is 4.19. The molecule has 0 amide bonds. The number of hydrogen-bond donors (Lipinski definition) is 1. The van der Waals surface area contributed by atoms with E-state index in [0.717, 1.165) is 13.1 Å². The van der Waals surface area contributed by atoms with Crippen molar-refractivity contribution in [3.63, 3.8) is 0 Å². The third-order valence-corrected chi connectivity index (χ3v) is 3.28. The number of anilines is 1. The van der Waals surface area contributed by atoms with Crippen molar-refractivity contribution < 1.29 is 0 Å². The Hall–Kier alpha value is -1.02. The van der Waals surface area contributed by atoms with Gasteiger partial charge in [-0.25, -0.2) is 0 Å². The van der Waals surface area contributed by atoms with Crippen LogP contribution in [0.2, 0.25) is 0 Å². The standard InChI is InChI=1S/C13H20N2/c1-3-15-10-11(8-9-14-2)12-6-4-5-7-13(12)15/h4-7,11,14H,3,8-10H2,1-2H3. The Kier molecular flexibility index (Phi) is 3.27. The molecular formula is C13H20N2. The molecule has 1 unspecified atom stereocenters. The molecule has 0 saturated carbocycles. The highest BCUT2D eigenvalue weighted by Crippen LogP contribution is 2.37. The number of fused-ring (bicyclic) bond motifs is 1. The van der Waals surface area contributed by atoms with Crippen LogP contribution >= 0.6 is 0 Å². The summed E-state index contributed by atoms with van der Waals surface area (Å²) < 4.78 is 0. The van der Waals surface area contributed by atoms with Crippen molar-refractivity contribution in [3.05, 3.63) is 29.8 Å². The molecular weight excluding hydrogens is 184 g/mol. The summed E-state index contributed by atoms with van der Waals surface area (Å²) in [6.45, 7) is 5.65. The molecule has 0 aliphatic carbocycles. The van der Waals surface area contributed by atoms with E-state index in [1.165, 1.54) is 24.2 Å². The zero-order valence-electron chi connectivity index (χ0n) is 9.66. The van der Waals surface area contributed by atoms with Crippen LogP contribution in [0.3, 0.4) is 0 Å². The summed E-state index contributed by atoms with van der Waals surface area (Å²) in [6, 6.07) is 8.83. The lowest BCUT2D eigenvalue weighted by Crippen LogP contribution is -2.22. The molecule has 2 nitrogen and oxygen atoms in total. The minimum atomic E-state index is 0.716. The quantitative estimate of drug-likeness (QED) is 0.809. The number of hydrogen-bond acceptors (Lipinski definition) is 2. The number of benzene rings is 1. The van der Waals surface area contributed by atoms with E-state index in [1.54, 1.807) is 0 Å². The second kappa shape index (κ2) is 4.67. The number of likely N-dealkylation sites (N-methyl/N-ethyl adjacent to an activating group) is 1. The van der Waals surface area contributed by atoms with Crippen LogP contribution in [0.25, 0.3) is 0 Å². The summed E-state index contributed by atoms with van der Waals surface area (Å²) in [5, 5.41) is 3.24. The van der Waals surface area contributed by atoms with Gasteiger partial charge in [0.05, 0.1) is 0 Å².